The second-order valence-corrected chi connectivity index (χ2v) is 3.94. The molecule has 0 saturated carbocycles. The number of amides is 3. The summed E-state index contributed by atoms with van der Waals surface area (Å²) in [6.45, 7) is -0.0903. The van der Waals surface area contributed by atoms with Crippen LogP contribution in [0.3, 0.4) is 0 Å². The Labute approximate surface area is 97.7 Å². The Hall–Kier alpha value is -1.83. The van der Waals surface area contributed by atoms with Gasteiger partial charge in [0.05, 0.1) is 6.61 Å². The van der Waals surface area contributed by atoms with Gasteiger partial charge in [0.2, 0.25) is 5.91 Å². The number of nitrogens with one attached hydrogen (secondary N) is 1. The van der Waals surface area contributed by atoms with Crippen LogP contribution in [0.4, 0.5) is 4.79 Å². The van der Waals surface area contributed by atoms with Gasteiger partial charge in [-0.3, -0.25) is 4.79 Å². The molecule has 1 saturated heterocycles. The molecule has 3 amide bonds. The van der Waals surface area contributed by atoms with Crippen molar-refractivity contribution < 1.29 is 24.2 Å². The molecule has 8 heteroatoms. The largest absolute Gasteiger partial charge is 0.479 e. The van der Waals surface area contributed by atoms with Crippen LogP contribution >= 0.6 is 0 Å². The molecule has 1 aliphatic heterocycles. The second kappa shape index (κ2) is 5.00. The van der Waals surface area contributed by atoms with E-state index >= 15 is 0 Å². The summed E-state index contributed by atoms with van der Waals surface area (Å²) in [5, 5.41) is 11.4. The second-order valence-electron chi connectivity index (χ2n) is 3.94. The highest BCUT2D eigenvalue weighted by Crippen LogP contribution is 2.19. The quantitative estimate of drug-likeness (QED) is 0.548. The maximum absolute atomic E-state index is 11.6. The highest BCUT2D eigenvalue weighted by atomic mass is 16.5. The van der Waals surface area contributed by atoms with Gasteiger partial charge in [-0.25, -0.2) is 9.59 Å². The lowest BCUT2D eigenvalue weighted by atomic mass is 9.99. The van der Waals surface area contributed by atoms with E-state index in [-0.39, 0.29) is 26.2 Å². The fourth-order valence-electron chi connectivity index (χ4n) is 1.49. The Kier molecular flexibility index (Phi) is 3.89. The first-order valence-corrected chi connectivity index (χ1v) is 5.00. The zero-order chi connectivity index (χ0) is 13.1. The van der Waals surface area contributed by atoms with Crippen LogP contribution in [-0.2, 0) is 14.3 Å². The monoisotopic (exact) mass is 245 g/mol. The van der Waals surface area contributed by atoms with Crippen molar-refractivity contribution in [3.8, 4) is 0 Å². The molecule has 0 bridgehead atoms. The molecule has 1 fully saturated rings. The summed E-state index contributed by atoms with van der Waals surface area (Å²) >= 11 is 0. The van der Waals surface area contributed by atoms with E-state index in [9.17, 15) is 14.4 Å². The van der Waals surface area contributed by atoms with Crippen molar-refractivity contribution in [2.24, 2.45) is 5.73 Å². The van der Waals surface area contributed by atoms with Gasteiger partial charge in [-0.15, -0.1) is 0 Å². The van der Waals surface area contributed by atoms with Crippen LogP contribution < -0.4 is 11.1 Å². The molecule has 0 aromatic heterocycles. The van der Waals surface area contributed by atoms with Crippen LogP contribution in [0, 0.1) is 0 Å². The summed E-state index contributed by atoms with van der Waals surface area (Å²) in [6, 6.07) is -0.670. The SMILES string of the molecule is CN(CC(N)=O)C(=O)NC1(C(=O)O)CCOC1. The number of carbonyl (C=O) groups excluding carboxylic acids is 2. The molecule has 1 unspecified atom stereocenters. The normalized spacial score (nSPS) is 23.1. The molecular formula is C9H15N3O5. The number of primary amides is 1. The van der Waals surface area contributed by atoms with Gasteiger partial charge in [-0.1, -0.05) is 0 Å². The minimum absolute atomic E-state index is 0.0848. The number of rotatable bonds is 4. The number of aliphatic carboxylic acids is 1. The first kappa shape index (κ1) is 13.2. The summed E-state index contributed by atoms with van der Waals surface area (Å²) in [5.74, 6) is -1.83. The standard InChI is InChI=1S/C9H15N3O5/c1-12(4-6(10)13)8(16)11-9(7(14)15)2-3-17-5-9/h2-5H2,1H3,(H2,10,13)(H,11,16)(H,14,15). The van der Waals surface area contributed by atoms with Crippen molar-refractivity contribution in [1.29, 1.82) is 0 Å². The number of urea groups is 1. The van der Waals surface area contributed by atoms with Gasteiger partial charge in [0.25, 0.3) is 0 Å². The Morgan fingerprint density at radius 2 is 2.18 bits per heavy atom. The first-order chi connectivity index (χ1) is 7.87. The molecule has 8 nitrogen and oxygen atoms in total. The van der Waals surface area contributed by atoms with Crippen LogP contribution in [0.15, 0.2) is 0 Å². The molecule has 0 aliphatic carbocycles. The van der Waals surface area contributed by atoms with Crippen LogP contribution in [0.2, 0.25) is 0 Å². The number of carbonyl (C=O) groups is 3. The molecule has 1 atom stereocenters. The third kappa shape index (κ3) is 3.06. The van der Waals surface area contributed by atoms with Crippen molar-refractivity contribution in [1.82, 2.24) is 10.2 Å². The minimum atomic E-state index is -1.41. The summed E-state index contributed by atoms with van der Waals surface area (Å²) in [7, 11) is 1.35. The highest BCUT2D eigenvalue weighted by Gasteiger charge is 2.44. The Morgan fingerprint density at radius 3 is 2.59 bits per heavy atom. The van der Waals surface area contributed by atoms with Gasteiger partial charge in [0.1, 0.15) is 6.54 Å². The zero-order valence-electron chi connectivity index (χ0n) is 9.43. The predicted molar refractivity (Wildman–Crippen MR) is 56.2 cm³/mol. The molecule has 4 N–H and O–H groups in total. The van der Waals surface area contributed by atoms with Crippen LogP contribution in [0.5, 0.6) is 0 Å². The van der Waals surface area contributed by atoms with Gasteiger partial charge in [-0.2, -0.15) is 0 Å². The number of ether oxygens (including phenoxy) is 1. The van der Waals surface area contributed by atoms with Gasteiger partial charge >= 0.3 is 12.0 Å². The third-order valence-electron chi connectivity index (χ3n) is 2.52. The van der Waals surface area contributed by atoms with Crippen LogP contribution in [0.25, 0.3) is 0 Å². The number of likely N-dealkylation sites (N-methyl/N-ethyl adjacent to an activating group) is 1. The smallest absolute Gasteiger partial charge is 0.332 e. The molecule has 17 heavy (non-hydrogen) atoms. The average Bonchev–Trinajstić information content (AvgIpc) is 2.66. The molecule has 0 radical (unpaired) electrons. The topological polar surface area (TPSA) is 122 Å². The lowest BCUT2D eigenvalue weighted by Crippen LogP contribution is -2.58. The van der Waals surface area contributed by atoms with Crippen molar-refractivity contribution in [2.75, 3.05) is 26.8 Å². The van der Waals surface area contributed by atoms with Crippen molar-refractivity contribution in [2.45, 2.75) is 12.0 Å². The van der Waals surface area contributed by atoms with E-state index in [0.29, 0.717) is 0 Å². The van der Waals surface area contributed by atoms with Gasteiger partial charge < -0.3 is 25.8 Å². The lowest BCUT2D eigenvalue weighted by molar-refractivity contribution is -0.144. The van der Waals surface area contributed by atoms with Gasteiger partial charge in [0, 0.05) is 20.1 Å². The summed E-state index contributed by atoms with van der Waals surface area (Å²) < 4.78 is 4.98. The Balaban J connectivity index is 2.65. The summed E-state index contributed by atoms with van der Waals surface area (Å²) in [6.07, 6.45) is 0.193. The first-order valence-electron chi connectivity index (χ1n) is 5.00. The van der Waals surface area contributed by atoms with E-state index in [1.54, 1.807) is 0 Å². The van der Waals surface area contributed by atoms with E-state index in [4.69, 9.17) is 15.6 Å². The van der Waals surface area contributed by atoms with Crippen LogP contribution in [-0.4, -0.2) is 60.3 Å². The van der Waals surface area contributed by atoms with Crippen molar-refractivity contribution in [3.05, 3.63) is 0 Å². The molecule has 1 aliphatic rings. The van der Waals surface area contributed by atoms with Gasteiger partial charge in [-0.05, 0) is 0 Å². The zero-order valence-corrected chi connectivity index (χ0v) is 9.43. The number of carboxylic acids is 1. The number of hydrogen-bond donors (Lipinski definition) is 3. The summed E-state index contributed by atoms with van der Waals surface area (Å²) in [5.41, 5.74) is 3.52. The fourth-order valence-corrected chi connectivity index (χ4v) is 1.49. The van der Waals surface area contributed by atoms with Crippen LogP contribution in [0.1, 0.15) is 6.42 Å². The molecule has 1 heterocycles. The van der Waals surface area contributed by atoms with E-state index < -0.39 is 23.4 Å². The van der Waals surface area contributed by atoms with Crippen molar-refractivity contribution >= 4 is 17.9 Å². The Bertz CT molecular complexity index is 338. The predicted octanol–water partition coefficient (Wildman–Crippen LogP) is -1.64. The summed E-state index contributed by atoms with van der Waals surface area (Å²) in [4.78, 5) is 34.4. The molecular weight excluding hydrogens is 230 g/mol. The highest BCUT2D eigenvalue weighted by molar-refractivity contribution is 5.88. The number of nitrogens with two attached hydrogens (primary N) is 1. The van der Waals surface area contributed by atoms with E-state index in [2.05, 4.69) is 5.32 Å². The van der Waals surface area contributed by atoms with Crippen molar-refractivity contribution in [3.63, 3.8) is 0 Å². The molecule has 1 rings (SSSR count). The fraction of sp³-hybridized carbons (Fsp3) is 0.667. The third-order valence-corrected chi connectivity index (χ3v) is 2.52. The Morgan fingerprint density at radius 1 is 1.53 bits per heavy atom. The maximum atomic E-state index is 11.6. The average molecular weight is 245 g/mol. The molecule has 0 aromatic rings. The lowest BCUT2D eigenvalue weighted by Gasteiger charge is -2.26. The molecule has 0 spiro atoms. The van der Waals surface area contributed by atoms with E-state index in [1.807, 2.05) is 0 Å². The number of carboxylic acid groups (broad SMARTS) is 1. The van der Waals surface area contributed by atoms with E-state index in [0.717, 1.165) is 4.90 Å². The number of hydrogen-bond acceptors (Lipinski definition) is 4. The van der Waals surface area contributed by atoms with E-state index in [1.165, 1.54) is 7.05 Å². The maximum Gasteiger partial charge on any atom is 0.332 e. The molecule has 96 valence electrons. The van der Waals surface area contributed by atoms with Gasteiger partial charge in [0.15, 0.2) is 5.54 Å². The minimum Gasteiger partial charge on any atom is -0.479 e. The molecule has 0 aromatic carbocycles. The number of nitrogens with zero attached hydrogens (tertiary/aromatic N) is 1.